The second-order valence-corrected chi connectivity index (χ2v) is 4.78. The molecule has 0 aromatic carbocycles. The molecule has 6 heteroatoms. The highest BCUT2D eigenvalue weighted by molar-refractivity contribution is 6.29. The summed E-state index contributed by atoms with van der Waals surface area (Å²) in [6.07, 6.45) is 0.911. The van der Waals surface area contributed by atoms with Crippen LogP contribution in [-0.4, -0.2) is 43.2 Å². The van der Waals surface area contributed by atoms with Crippen molar-refractivity contribution in [3.05, 3.63) is 23.4 Å². The summed E-state index contributed by atoms with van der Waals surface area (Å²) in [7, 11) is 0. The van der Waals surface area contributed by atoms with Gasteiger partial charge >= 0.3 is 0 Å². The summed E-state index contributed by atoms with van der Waals surface area (Å²) in [5.41, 5.74) is 0. The van der Waals surface area contributed by atoms with Gasteiger partial charge in [-0.1, -0.05) is 24.6 Å². The van der Waals surface area contributed by atoms with E-state index in [2.05, 4.69) is 10.3 Å². The van der Waals surface area contributed by atoms with Gasteiger partial charge in [0.25, 0.3) is 0 Å². The van der Waals surface area contributed by atoms with Gasteiger partial charge in [-0.15, -0.1) is 0 Å². The standard InChI is InChI=1S/C13H18ClN3O2/c1-2-6-15-13(18)10-9-19-8-7-17(10)12-5-3-4-11(14)16-12/h3-5,10H,2,6-9H2,1H3,(H,15,18). The van der Waals surface area contributed by atoms with Crippen molar-refractivity contribution in [3.63, 3.8) is 0 Å². The highest BCUT2D eigenvalue weighted by Crippen LogP contribution is 2.19. The van der Waals surface area contributed by atoms with Crippen molar-refractivity contribution in [2.24, 2.45) is 0 Å². The van der Waals surface area contributed by atoms with E-state index >= 15 is 0 Å². The first kappa shape index (κ1) is 14.1. The average Bonchev–Trinajstić information content (AvgIpc) is 2.45. The van der Waals surface area contributed by atoms with Crippen LogP contribution in [0.5, 0.6) is 0 Å². The van der Waals surface area contributed by atoms with E-state index in [0.717, 1.165) is 6.42 Å². The van der Waals surface area contributed by atoms with Crippen LogP contribution in [0.1, 0.15) is 13.3 Å². The Morgan fingerprint density at radius 1 is 1.63 bits per heavy atom. The molecular formula is C13H18ClN3O2. The predicted octanol–water partition coefficient (Wildman–Crippen LogP) is 1.47. The highest BCUT2D eigenvalue weighted by Gasteiger charge is 2.30. The molecule has 1 fully saturated rings. The Bertz CT molecular complexity index is 442. The number of ether oxygens (including phenoxy) is 1. The molecule has 0 radical (unpaired) electrons. The summed E-state index contributed by atoms with van der Waals surface area (Å²) in [5.74, 6) is 0.691. The topological polar surface area (TPSA) is 54.5 Å². The van der Waals surface area contributed by atoms with Crippen LogP contribution >= 0.6 is 11.6 Å². The number of nitrogens with one attached hydrogen (secondary N) is 1. The number of pyridine rings is 1. The van der Waals surface area contributed by atoms with E-state index < -0.39 is 0 Å². The van der Waals surface area contributed by atoms with E-state index in [-0.39, 0.29) is 11.9 Å². The quantitative estimate of drug-likeness (QED) is 0.850. The fourth-order valence-corrected chi connectivity index (χ4v) is 2.18. The third-order valence-electron chi connectivity index (χ3n) is 2.98. The van der Waals surface area contributed by atoms with Crippen LogP contribution < -0.4 is 10.2 Å². The number of carbonyl (C=O) groups excluding carboxylic acids is 1. The molecule has 1 unspecified atom stereocenters. The molecule has 1 atom stereocenters. The Hall–Kier alpha value is -1.33. The van der Waals surface area contributed by atoms with E-state index in [1.54, 1.807) is 6.07 Å². The van der Waals surface area contributed by atoms with Gasteiger partial charge in [-0.3, -0.25) is 4.79 Å². The molecule has 104 valence electrons. The minimum atomic E-state index is -0.341. The van der Waals surface area contributed by atoms with Crippen molar-refractivity contribution in [3.8, 4) is 0 Å². The lowest BCUT2D eigenvalue weighted by Crippen LogP contribution is -2.54. The minimum Gasteiger partial charge on any atom is -0.377 e. The lowest BCUT2D eigenvalue weighted by molar-refractivity contribution is -0.124. The van der Waals surface area contributed by atoms with Crippen molar-refractivity contribution in [2.75, 3.05) is 31.2 Å². The molecule has 2 heterocycles. The van der Waals surface area contributed by atoms with E-state index in [1.807, 2.05) is 24.0 Å². The normalized spacial score (nSPS) is 19.3. The number of amides is 1. The fraction of sp³-hybridized carbons (Fsp3) is 0.538. The summed E-state index contributed by atoms with van der Waals surface area (Å²) in [6, 6.07) is 5.07. The Morgan fingerprint density at radius 2 is 2.47 bits per heavy atom. The van der Waals surface area contributed by atoms with Crippen LogP contribution in [0, 0.1) is 0 Å². The smallest absolute Gasteiger partial charge is 0.245 e. The number of aromatic nitrogens is 1. The van der Waals surface area contributed by atoms with Crippen molar-refractivity contribution in [2.45, 2.75) is 19.4 Å². The summed E-state index contributed by atoms with van der Waals surface area (Å²) >= 11 is 5.91. The average molecular weight is 284 g/mol. The molecule has 1 aromatic heterocycles. The van der Waals surface area contributed by atoms with Crippen LogP contribution in [0.2, 0.25) is 5.15 Å². The van der Waals surface area contributed by atoms with Crippen molar-refractivity contribution in [1.29, 1.82) is 0 Å². The molecule has 1 amide bonds. The first-order valence-electron chi connectivity index (χ1n) is 6.47. The van der Waals surface area contributed by atoms with Crippen LogP contribution in [0.3, 0.4) is 0 Å². The zero-order valence-electron chi connectivity index (χ0n) is 10.9. The molecule has 19 heavy (non-hydrogen) atoms. The number of nitrogens with zero attached hydrogens (tertiary/aromatic N) is 2. The molecule has 1 saturated heterocycles. The van der Waals surface area contributed by atoms with Gasteiger partial charge in [0.05, 0.1) is 13.2 Å². The van der Waals surface area contributed by atoms with Crippen molar-refractivity contribution < 1.29 is 9.53 Å². The first-order chi connectivity index (χ1) is 9.22. The van der Waals surface area contributed by atoms with Crippen LogP contribution in [-0.2, 0) is 9.53 Å². The maximum atomic E-state index is 12.1. The molecule has 5 nitrogen and oxygen atoms in total. The van der Waals surface area contributed by atoms with Gasteiger partial charge in [-0.05, 0) is 18.6 Å². The Kier molecular flexibility index (Phi) is 4.99. The molecule has 1 aliphatic heterocycles. The van der Waals surface area contributed by atoms with E-state index in [0.29, 0.717) is 37.3 Å². The second kappa shape index (κ2) is 6.73. The largest absolute Gasteiger partial charge is 0.377 e. The third-order valence-corrected chi connectivity index (χ3v) is 3.19. The van der Waals surface area contributed by atoms with Gasteiger partial charge in [0.15, 0.2) is 0 Å². The monoisotopic (exact) mass is 283 g/mol. The van der Waals surface area contributed by atoms with Gasteiger partial charge < -0.3 is 15.0 Å². The highest BCUT2D eigenvalue weighted by atomic mass is 35.5. The number of hydrogen-bond acceptors (Lipinski definition) is 4. The zero-order chi connectivity index (χ0) is 13.7. The summed E-state index contributed by atoms with van der Waals surface area (Å²) < 4.78 is 5.40. The van der Waals surface area contributed by atoms with E-state index in [1.165, 1.54) is 0 Å². The summed E-state index contributed by atoms with van der Waals surface area (Å²) in [5, 5.41) is 3.32. The summed E-state index contributed by atoms with van der Waals surface area (Å²) in [4.78, 5) is 18.3. The van der Waals surface area contributed by atoms with Crippen LogP contribution in [0.15, 0.2) is 18.2 Å². The molecule has 0 aliphatic carbocycles. The Balaban J connectivity index is 2.13. The second-order valence-electron chi connectivity index (χ2n) is 4.39. The van der Waals surface area contributed by atoms with Crippen LogP contribution in [0.25, 0.3) is 0 Å². The van der Waals surface area contributed by atoms with E-state index in [4.69, 9.17) is 16.3 Å². The van der Waals surface area contributed by atoms with Crippen molar-refractivity contribution >= 4 is 23.3 Å². The number of morpholine rings is 1. The number of rotatable bonds is 4. The maximum absolute atomic E-state index is 12.1. The van der Waals surface area contributed by atoms with Gasteiger partial charge in [0.1, 0.15) is 17.0 Å². The molecule has 0 bridgehead atoms. The molecule has 0 saturated carbocycles. The molecule has 2 rings (SSSR count). The third kappa shape index (κ3) is 3.58. The predicted molar refractivity (Wildman–Crippen MR) is 74.5 cm³/mol. The molecule has 1 aromatic rings. The van der Waals surface area contributed by atoms with Gasteiger partial charge in [0.2, 0.25) is 5.91 Å². The first-order valence-corrected chi connectivity index (χ1v) is 6.85. The Labute approximate surface area is 117 Å². The lowest BCUT2D eigenvalue weighted by Gasteiger charge is -2.35. The van der Waals surface area contributed by atoms with Crippen LogP contribution in [0.4, 0.5) is 5.82 Å². The molecule has 1 aliphatic rings. The maximum Gasteiger partial charge on any atom is 0.245 e. The van der Waals surface area contributed by atoms with Crippen molar-refractivity contribution in [1.82, 2.24) is 10.3 Å². The minimum absolute atomic E-state index is 0.0247. The van der Waals surface area contributed by atoms with Gasteiger partial charge in [0, 0.05) is 13.1 Å². The van der Waals surface area contributed by atoms with Gasteiger partial charge in [-0.2, -0.15) is 0 Å². The number of hydrogen-bond donors (Lipinski definition) is 1. The van der Waals surface area contributed by atoms with Gasteiger partial charge in [-0.25, -0.2) is 4.98 Å². The molecule has 0 spiro atoms. The Morgan fingerprint density at radius 3 is 3.21 bits per heavy atom. The number of halogens is 1. The summed E-state index contributed by atoms with van der Waals surface area (Å²) in [6.45, 7) is 4.30. The fourth-order valence-electron chi connectivity index (χ4n) is 2.02. The molecular weight excluding hydrogens is 266 g/mol. The zero-order valence-corrected chi connectivity index (χ0v) is 11.7. The van der Waals surface area contributed by atoms with E-state index in [9.17, 15) is 4.79 Å². The SMILES string of the molecule is CCCNC(=O)C1COCCN1c1cccc(Cl)n1. The number of carbonyl (C=O) groups is 1. The number of anilines is 1. The lowest BCUT2D eigenvalue weighted by atomic mass is 10.2. The molecule has 1 N–H and O–H groups in total.